The Kier molecular flexibility index (Phi) is 5.86. The van der Waals surface area contributed by atoms with Crippen LogP contribution in [0, 0.1) is 19.8 Å². The quantitative estimate of drug-likeness (QED) is 0.789. The first-order valence-corrected chi connectivity index (χ1v) is 8.99. The summed E-state index contributed by atoms with van der Waals surface area (Å²) in [7, 11) is 0. The van der Waals surface area contributed by atoms with Gasteiger partial charge in [0.15, 0.2) is 6.61 Å². The molecule has 0 fully saturated rings. The Balaban J connectivity index is 1.47. The van der Waals surface area contributed by atoms with Gasteiger partial charge in [0.25, 0.3) is 5.91 Å². The molecule has 1 aliphatic rings. The highest BCUT2D eigenvalue weighted by atomic mass is 35.5. The predicted octanol–water partition coefficient (Wildman–Crippen LogP) is 2.73. The van der Waals surface area contributed by atoms with Crippen molar-refractivity contribution in [1.29, 1.82) is 0 Å². The van der Waals surface area contributed by atoms with Crippen LogP contribution in [-0.2, 0) is 16.0 Å². The van der Waals surface area contributed by atoms with E-state index in [-0.39, 0.29) is 19.1 Å². The number of hydrazine groups is 1. The highest BCUT2D eigenvalue weighted by Crippen LogP contribution is 2.29. The second-order valence-corrected chi connectivity index (χ2v) is 7.05. The number of benzene rings is 2. The van der Waals surface area contributed by atoms with E-state index in [4.69, 9.17) is 21.1 Å². The standard InChI is InChI=1S/C20H21ClN2O4/c1-12-5-13(2)7-17(6-12)26-11-19(24)22-23-20(25)15-8-14-9-16(21)3-4-18(14)27-10-15/h3-7,9,15H,8,10-11H2,1-2H3,(H,22,24)(H,23,25)/t15-/m0/s1. The summed E-state index contributed by atoms with van der Waals surface area (Å²) in [6, 6.07) is 11.0. The molecule has 7 heteroatoms. The fourth-order valence-corrected chi connectivity index (χ4v) is 3.16. The van der Waals surface area contributed by atoms with Crippen LogP contribution in [0.1, 0.15) is 16.7 Å². The van der Waals surface area contributed by atoms with Gasteiger partial charge in [0.05, 0.1) is 5.92 Å². The Labute approximate surface area is 162 Å². The molecule has 3 rings (SSSR count). The molecule has 0 saturated heterocycles. The summed E-state index contributed by atoms with van der Waals surface area (Å²) in [5.74, 6) is 0.178. The maximum absolute atomic E-state index is 12.3. The number of fused-ring (bicyclic) bond motifs is 1. The lowest BCUT2D eigenvalue weighted by Crippen LogP contribution is -2.48. The zero-order valence-corrected chi connectivity index (χ0v) is 15.9. The summed E-state index contributed by atoms with van der Waals surface area (Å²) in [6.07, 6.45) is 0.497. The molecule has 2 aromatic rings. The van der Waals surface area contributed by atoms with E-state index in [2.05, 4.69) is 10.9 Å². The molecule has 0 aromatic heterocycles. The molecule has 0 saturated carbocycles. The number of nitrogens with one attached hydrogen (secondary N) is 2. The Morgan fingerprint density at radius 1 is 1.15 bits per heavy atom. The molecule has 0 bridgehead atoms. The molecule has 142 valence electrons. The third-order valence-corrected chi connectivity index (χ3v) is 4.43. The smallest absolute Gasteiger partial charge is 0.276 e. The van der Waals surface area contributed by atoms with Crippen LogP contribution in [0.15, 0.2) is 36.4 Å². The third-order valence-electron chi connectivity index (χ3n) is 4.19. The van der Waals surface area contributed by atoms with Crippen LogP contribution in [0.2, 0.25) is 5.02 Å². The van der Waals surface area contributed by atoms with Crippen LogP contribution in [0.3, 0.4) is 0 Å². The van der Waals surface area contributed by atoms with Gasteiger partial charge in [0.2, 0.25) is 5.91 Å². The normalized spacial score (nSPS) is 15.3. The first kappa shape index (κ1) is 19.0. The minimum absolute atomic E-state index is 0.192. The van der Waals surface area contributed by atoms with Crippen molar-refractivity contribution in [2.45, 2.75) is 20.3 Å². The van der Waals surface area contributed by atoms with E-state index in [1.165, 1.54) is 0 Å². The zero-order chi connectivity index (χ0) is 19.4. The van der Waals surface area contributed by atoms with Crippen molar-refractivity contribution < 1.29 is 19.1 Å². The number of rotatable bonds is 4. The van der Waals surface area contributed by atoms with E-state index in [9.17, 15) is 9.59 Å². The van der Waals surface area contributed by atoms with Crippen molar-refractivity contribution in [3.05, 3.63) is 58.1 Å². The largest absolute Gasteiger partial charge is 0.492 e. The van der Waals surface area contributed by atoms with Crippen LogP contribution < -0.4 is 20.3 Å². The molecule has 6 nitrogen and oxygen atoms in total. The van der Waals surface area contributed by atoms with Gasteiger partial charge < -0.3 is 9.47 Å². The van der Waals surface area contributed by atoms with Gasteiger partial charge in [-0.15, -0.1) is 0 Å². The van der Waals surface area contributed by atoms with Crippen LogP contribution in [-0.4, -0.2) is 25.0 Å². The van der Waals surface area contributed by atoms with Crippen LogP contribution in [0.25, 0.3) is 0 Å². The summed E-state index contributed by atoms with van der Waals surface area (Å²) >= 11 is 5.98. The maximum atomic E-state index is 12.3. The lowest BCUT2D eigenvalue weighted by Gasteiger charge is -2.24. The molecular formula is C20H21ClN2O4. The summed E-state index contributed by atoms with van der Waals surface area (Å²) < 4.78 is 11.1. The first-order valence-electron chi connectivity index (χ1n) is 8.62. The Morgan fingerprint density at radius 3 is 2.63 bits per heavy atom. The van der Waals surface area contributed by atoms with Gasteiger partial charge in [0.1, 0.15) is 18.1 Å². The summed E-state index contributed by atoms with van der Waals surface area (Å²) in [5, 5.41) is 0.593. The molecule has 0 unspecified atom stereocenters. The molecule has 1 aliphatic heterocycles. The predicted molar refractivity (Wildman–Crippen MR) is 102 cm³/mol. The lowest BCUT2D eigenvalue weighted by atomic mass is 9.96. The molecule has 1 heterocycles. The number of carbonyl (C=O) groups is 2. The average molecular weight is 389 g/mol. The SMILES string of the molecule is Cc1cc(C)cc(OCC(=O)NNC(=O)[C@@H]2COc3ccc(Cl)cc3C2)c1. The molecule has 1 atom stereocenters. The number of hydrogen-bond donors (Lipinski definition) is 2. The Bertz CT molecular complexity index is 849. The monoisotopic (exact) mass is 388 g/mol. The third kappa shape index (κ3) is 5.14. The van der Waals surface area contributed by atoms with Crippen molar-refractivity contribution in [1.82, 2.24) is 10.9 Å². The lowest BCUT2D eigenvalue weighted by molar-refractivity contribution is -0.132. The zero-order valence-electron chi connectivity index (χ0n) is 15.2. The molecule has 0 spiro atoms. The minimum atomic E-state index is -0.442. The van der Waals surface area contributed by atoms with E-state index in [0.717, 1.165) is 22.4 Å². The first-order chi connectivity index (χ1) is 12.9. The Morgan fingerprint density at radius 2 is 1.89 bits per heavy atom. The molecular weight excluding hydrogens is 368 g/mol. The number of ether oxygens (including phenoxy) is 2. The van der Waals surface area contributed by atoms with E-state index < -0.39 is 11.8 Å². The maximum Gasteiger partial charge on any atom is 0.276 e. The second kappa shape index (κ2) is 8.31. The molecule has 2 amide bonds. The summed E-state index contributed by atoms with van der Waals surface area (Å²) in [4.78, 5) is 24.2. The molecule has 2 N–H and O–H groups in total. The fourth-order valence-electron chi connectivity index (χ4n) is 2.97. The van der Waals surface area contributed by atoms with Crippen molar-refractivity contribution in [2.24, 2.45) is 5.92 Å². The average Bonchev–Trinajstić information content (AvgIpc) is 2.63. The van der Waals surface area contributed by atoms with Gasteiger partial charge in [-0.25, -0.2) is 0 Å². The molecule has 0 aliphatic carbocycles. The number of amides is 2. The van der Waals surface area contributed by atoms with Crippen molar-refractivity contribution in [2.75, 3.05) is 13.2 Å². The molecule has 27 heavy (non-hydrogen) atoms. The van der Waals surface area contributed by atoms with Gasteiger partial charge in [0, 0.05) is 5.02 Å². The van der Waals surface area contributed by atoms with E-state index in [1.54, 1.807) is 18.2 Å². The van der Waals surface area contributed by atoms with Gasteiger partial charge in [-0.05, 0) is 67.3 Å². The van der Waals surface area contributed by atoms with Gasteiger partial charge >= 0.3 is 0 Å². The van der Waals surface area contributed by atoms with Crippen molar-refractivity contribution in [3.8, 4) is 11.5 Å². The molecule has 2 aromatic carbocycles. The summed E-state index contributed by atoms with van der Waals surface area (Å²) in [5.41, 5.74) is 7.77. The van der Waals surface area contributed by atoms with Crippen LogP contribution in [0.5, 0.6) is 11.5 Å². The van der Waals surface area contributed by atoms with Crippen LogP contribution >= 0.6 is 11.6 Å². The minimum Gasteiger partial charge on any atom is -0.492 e. The number of carbonyl (C=O) groups excluding carboxylic acids is 2. The van der Waals surface area contributed by atoms with Gasteiger partial charge in [-0.1, -0.05) is 17.7 Å². The Hall–Kier alpha value is -2.73. The van der Waals surface area contributed by atoms with Crippen molar-refractivity contribution >= 4 is 23.4 Å². The number of hydrogen-bond acceptors (Lipinski definition) is 4. The number of aryl methyl sites for hydroxylation is 2. The number of halogens is 1. The molecule has 0 radical (unpaired) electrons. The van der Waals surface area contributed by atoms with Crippen molar-refractivity contribution in [3.63, 3.8) is 0 Å². The highest BCUT2D eigenvalue weighted by Gasteiger charge is 2.26. The van der Waals surface area contributed by atoms with E-state index in [0.29, 0.717) is 17.2 Å². The van der Waals surface area contributed by atoms with E-state index in [1.807, 2.05) is 32.0 Å². The second-order valence-electron chi connectivity index (χ2n) is 6.61. The topological polar surface area (TPSA) is 76.7 Å². The van der Waals surface area contributed by atoms with E-state index >= 15 is 0 Å². The van der Waals surface area contributed by atoms with Gasteiger partial charge in [-0.2, -0.15) is 0 Å². The highest BCUT2D eigenvalue weighted by molar-refractivity contribution is 6.30. The summed E-state index contributed by atoms with van der Waals surface area (Å²) in [6.45, 7) is 3.97. The fraction of sp³-hybridized carbons (Fsp3) is 0.300. The van der Waals surface area contributed by atoms with Crippen LogP contribution in [0.4, 0.5) is 0 Å². The van der Waals surface area contributed by atoms with Gasteiger partial charge in [-0.3, -0.25) is 20.4 Å².